The number of hydrogen-bond donors (Lipinski definition) is 3. The van der Waals surface area contributed by atoms with Gasteiger partial charge in [0.1, 0.15) is 11.9 Å². The van der Waals surface area contributed by atoms with E-state index >= 15 is 0 Å². The largest absolute Gasteiger partial charge is 0.494 e. The van der Waals surface area contributed by atoms with Crippen LogP contribution in [0.25, 0.3) is 0 Å². The molecule has 0 radical (unpaired) electrons. The maximum absolute atomic E-state index is 11.9. The molecule has 2 amide bonds. The van der Waals surface area contributed by atoms with Gasteiger partial charge >= 0.3 is 6.03 Å². The van der Waals surface area contributed by atoms with E-state index in [0.717, 1.165) is 16.2 Å². The zero-order valence-corrected chi connectivity index (χ0v) is 14.1. The summed E-state index contributed by atoms with van der Waals surface area (Å²) >= 11 is 1.47. The molecule has 2 rings (SSSR count). The predicted octanol–water partition coefficient (Wildman–Crippen LogP) is 3.24. The van der Waals surface area contributed by atoms with Crippen LogP contribution in [0.15, 0.2) is 41.8 Å². The Labute approximate surface area is 140 Å². The van der Waals surface area contributed by atoms with Gasteiger partial charge in [-0.15, -0.1) is 11.3 Å². The van der Waals surface area contributed by atoms with Crippen LogP contribution < -0.4 is 15.4 Å². The first-order valence-electron chi connectivity index (χ1n) is 7.58. The predicted molar refractivity (Wildman–Crippen MR) is 91.8 cm³/mol. The number of carbonyl (C=O) groups excluding carboxylic acids is 1. The van der Waals surface area contributed by atoms with Crippen molar-refractivity contribution in [2.75, 3.05) is 13.2 Å². The van der Waals surface area contributed by atoms with Gasteiger partial charge in [0.2, 0.25) is 0 Å². The SMILES string of the molecule is CCOc1ccc(C(C)NC(=O)NCC(O)c2cccs2)cc1. The third kappa shape index (κ3) is 5.26. The molecule has 0 aliphatic rings. The summed E-state index contributed by atoms with van der Waals surface area (Å²) in [5, 5.41) is 17.4. The van der Waals surface area contributed by atoms with Gasteiger partial charge in [-0.25, -0.2) is 4.79 Å². The van der Waals surface area contributed by atoms with Gasteiger partial charge in [0.15, 0.2) is 0 Å². The first-order chi connectivity index (χ1) is 11.1. The number of rotatable bonds is 7. The fraction of sp³-hybridized carbons (Fsp3) is 0.353. The summed E-state index contributed by atoms with van der Waals surface area (Å²) in [5.74, 6) is 0.812. The highest BCUT2D eigenvalue weighted by Crippen LogP contribution is 2.19. The molecule has 3 N–H and O–H groups in total. The van der Waals surface area contributed by atoms with Gasteiger partial charge in [-0.3, -0.25) is 0 Å². The lowest BCUT2D eigenvalue weighted by atomic mass is 10.1. The molecule has 5 nitrogen and oxygen atoms in total. The summed E-state index contributed by atoms with van der Waals surface area (Å²) in [6.07, 6.45) is -0.679. The van der Waals surface area contributed by atoms with Crippen molar-refractivity contribution >= 4 is 17.4 Å². The van der Waals surface area contributed by atoms with Crippen molar-refractivity contribution in [2.24, 2.45) is 0 Å². The van der Waals surface area contributed by atoms with Gasteiger partial charge in [-0.1, -0.05) is 18.2 Å². The minimum Gasteiger partial charge on any atom is -0.494 e. The maximum Gasteiger partial charge on any atom is 0.315 e. The molecule has 1 heterocycles. The van der Waals surface area contributed by atoms with Crippen LogP contribution in [-0.4, -0.2) is 24.3 Å². The second kappa shape index (κ2) is 8.55. The van der Waals surface area contributed by atoms with Crippen molar-refractivity contribution in [2.45, 2.75) is 26.0 Å². The molecular formula is C17H22N2O3S. The van der Waals surface area contributed by atoms with Crippen molar-refractivity contribution in [3.63, 3.8) is 0 Å². The molecule has 124 valence electrons. The number of nitrogens with one attached hydrogen (secondary N) is 2. The van der Waals surface area contributed by atoms with Crippen molar-refractivity contribution in [3.8, 4) is 5.75 Å². The molecule has 23 heavy (non-hydrogen) atoms. The fourth-order valence-electron chi connectivity index (χ4n) is 2.12. The third-order valence-corrected chi connectivity index (χ3v) is 4.34. The van der Waals surface area contributed by atoms with Crippen molar-refractivity contribution in [1.82, 2.24) is 10.6 Å². The van der Waals surface area contributed by atoms with E-state index in [1.54, 1.807) is 0 Å². The van der Waals surface area contributed by atoms with E-state index < -0.39 is 6.10 Å². The van der Waals surface area contributed by atoms with Crippen LogP contribution in [0.3, 0.4) is 0 Å². The summed E-state index contributed by atoms with van der Waals surface area (Å²) in [6.45, 7) is 4.66. The number of urea groups is 1. The molecule has 0 aliphatic carbocycles. The Morgan fingerprint density at radius 2 is 2.04 bits per heavy atom. The van der Waals surface area contributed by atoms with E-state index in [4.69, 9.17) is 4.74 Å². The number of aliphatic hydroxyl groups is 1. The monoisotopic (exact) mass is 334 g/mol. The summed E-state index contributed by atoms with van der Waals surface area (Å²) in [4.78, 5) is 12.8. The summed E-state index contributed by atoms with van der Waals surface area (Å²) < 4.78 is 5.40. The van der Waals surface area contributed by atoms with Crippen molar-refractivity contribution < 1.29 is 14.6 Å². The van der Waals surface area contributed by atoms with Gasteiger partial charge in [-0.05, 0) is 43.0 Å². The molecule has 0 saturated carbocycles. The Morgan fingerprint density at radius 3 is 2.65 bits per heavy atom. The Balaban J connectivity index is 1.79. The Bertz CT molecular complexity index is 599. The molecule has 0 fully saturated rings. The highest BCUT2D eigenvalue weighted by atomic mass is 32.1. The van der Waals surface area contributed by atoms with E-state index in [1.165, 1.54) is 11.3 Å². The van der Waals surface area contributed by atoms with Gasteiger partial charge in [-0.2, -0.15) is 0 Å². The Morgan fingerprint density at radius 1 is 1.30 bits per heavy atom. The molecule has 0 aliphatic heterocycles. The second-order valence-electron chi connectivity index (χ2n) is 5.11. The molecular weight excluding hydrogens is 312 g/mol. The van der Waals surface area contributed by atoms with Crippen LogP contribution in [0.1, 0.15) is 36.4 Å². The minimum absolute atomic E-state index is 0.135. The smallest absolute Gasteiger partial charge is 0.315 e. The number of carbonyl (C=O) groups is 1. The van der Waals surface area contributed by atoms with Crippen LogP contribution in [0, 0.1) is 0 Å². The lowest BCUT2D eigenvalue weighted by molar-refractivity contribution is 0.176. The fourth-order valence-corrected chi connectivity index (χ4v) is 2.83. The van der Waals surface area contributed by atoms with E-state index in [1.807, 2.05) is 55.6 Å². The van der Waals surface area contributed by atoms with Crippen LogP contribution in [0.4, 0.5) is 4.79 Å². The summed E-state index contributed by atoms with van der Waals surface area (Å²) in [6, 6.07) is 10.9. The number of ether oxygens (including phenoxy) is 1. The normalized spacial score (nSPS) is 13.2. The molecule has 2 atom stereocenters. The molecule has 6 heteroatoms. The van der Waals surface area contributed by atoms with E-state index in [-0.39, 0.29) is 18.6 Å². The van der Waals surface area contributed by atoms with E-state index in [0.29, 0.717) is 6.61 Å². The minimum atomic E-state index is -0.679. The van der Waals surface area contributed by atoms with E-state index in [9.17, 15) is 9.90 Å². The molecule has 2 aromatic rings. The number of hydrogen-bond acceptors (Lipinski definition) is 4. The zero-order chi connectivity index (χ0) is 16.7. The number of benzene rings is 1. The van der Waals surface area contributed by atoms with Crippen LogP contribution in [0.2, 0.25) is 0 Å². The number of thiophene rings is 1. The molecule has 0 spiro atoms. The molecule has 0 bridgehead atoms. The lowest BCUT2D eigenvalue weighted by Gasteiger charge is -2.16. The zero-order valence-electron chi connectivity index (χ0n) is 13.3. The number of aliphatic hydroxyl groups excluding tert-OH is 1. The topological polar surface area (TPSA) is 70.6 Å². The van der Waals surface area contributed by atoms with Crippen molar-refractivity contribution in [3.05, 3.63) is 52.2 Å². The number of amides is 2. The van der Waals surface area contributed by atoms with Gasteiger partial charge in [0, 0.05) is 4.88 Å². The molecule has 0 saturated heterocycles. The summed E-state index contributed by atoms with van der Waals surface area (Å²) in [7, 11) is 0. The van der Waals surface area contributed by atoms with Crippen LogP contribution in [-0.2, 0) is 0 Å². The second-order valence-corrected chi connectivity index (χ2v) is 6.09. The first kappa shape index (κ1) is 17.3. The third-order valence-electron chi connectivity index (χ3n) is 3.37. The maximum atomic E-state index is 11.9. The van der Waals surface area contributed by atoms with Crippen LogP contribution >= 0.6 is 11.3 Å². The molecule has 1 aromatic heterocycles. The molecule has 1 aromatic carbocycles. The Kier molecular flexibility index (Phi) is 6.43. The van der Waals surface area contributed by atoms with Gasteiger partial charge in [0.05, 0.1) is 19.2 Å². The van der Waals surface area contributed by atoms with Gasteiger partial charge in [0.25, 0.3) is 0 Å². The lowest BCUT2D eigenvalue weighted by Crippen LogP contribution is -2.38. The van der Waals surface area contributed by atoms with Gasteiger partial charge < -0.3 is 20.5 Å². The highest BCUT2D eigenvalue weighted by molar-refractivity contribution is 7.10. The average molecular weight is 334 g/mol. The van der Waals surface area contributed by atoms with Crippen LogP contribution in [0.5, 0.6) is 5.75 Å². The van der Waals surface area contributed by atoms with E-state index in [2.05, 4.69) is 10.6 Å². The highest BCUT2D eigenvalue weighted by Gasteiger charge is 2.12. The first-order valence-corrected chi connectivity index (χ1v) is 8.46. The van der Waals surface area contributed by atoms with Crippen molar-refractivity contribution in [1.29, 1.82) is 0 Å². The quantitative estimate of drug-likeness (QED) is 0.728. The summed E-state index contributed by atoms with van der Waals surface area (Å²) in [5.41, 5.74) is 0.988. The molecule has 2 unspecified atom stereocenters. The Hall–Kier alpha value is -2.05. The standard InChI is InChI=1S/C17H22N2O3S/c1-3-22-14-8-6-13(7-9-14)12(2)19-17(21)18-11-15(20)16-5-4-10-23-16/h4-10,12,15,20H,3,11H2,1-2H3,(H2,18,19,21). The average Bonchev–Trinajstić information content (AvgIpc) is 3.08.